The first kappa shape index (κ1) is 10.5. The van der Waals surface area contributed by atoms with Crippen LogP contribution in [0.1, 0.15) is 37.9 Å². The summed E-state index contributed by atoms with van der Waals surface area (Å²) in [5.41, 5.74) is 2.62. The Bertz CT molecular complexity index is 331. The number of anilines is 1. The van der Waals surface area contributed by atoms with E-state index < -0.39 is 0 Å². The van der Waals surface area contributed by atoms with Crippen LogP contribution in [0.3, 0.4) is 0 Å². The van der Waals surface area contributed by atoms with Crippen molar-refractivity contribution >= 4 is 5.82 Å². The maximum Gasteiger partial charge on any atom is 0.129 e. The molecule has 0 saturated heterocycles. The van der Waals surface area contributed by atoms with Crippen molar-refractivity contribution in [3.05, 3.63) is 23.4 Å². The fourth-order valence-corrected chi connectivity index (χ4v) is 1.94. The van der Waals surface area contributed by atoms with E-state index in [-0.39, 0.29) is 0 Å². The van der Waals surface area contributed by atoms with Gasteiger partial charge in [-0.15, -0.1) is 0 Å². The van der Waals surface area contributed by atoms with Gasteiger partial charge in [0, 0.05) is 12.2 Å². The minimum absolute atomic E-state index is 0.760. The third-order valence-electron chi connectivity index (χ3n) is 2.93. The summed E-state index contributed by atoms with van der Waals surface area (Å²) in [6.45, 7) is 5.60. The van der Waals surface area contributed by atoms with Crippen molar-refractivity contribution in [2.45, 2.75) is 39.5 Å². The number of fused-ring (bicyclic) bond motifs is 1. The van der Waals surface area contributed by atoms with Crippen LogP contribution in [0.2, 0.25) is 0 Å². The summed E-state index contributed by atoms with van der Waals surface area (Å²) >= 11 is 0. The molecule has 15 heavy (non-hydrogen) atoms. The third kappa shape index (κ3) is 2.71. The van der Waals surface area contributed by atoms with E-state index in [1.165, 1.54) is 30.5 Å². The lowest BCUT2D eigenvalue weighted by atomic mass is 10.0. The number of aryl methyl sites for hydroxylation is 2. The van der Waals surface area contributed by atoms with Crippen LogP contribution in [-0.2, 0) is 12.8 Å². The highest BCUT2D eigenvalue weighted by Crippen LogP contribution is 2.20. The van der Waals surface area contributed by atoms with Crippen LogP contribution in [0.4, 0.5) is 5.82 Å². The molecule has 0 fully saturated rings. The van der Waals surface area contributed by atoms with Crippen molar-refractivity contribution in [3.8, 4) is 0 Å². The molecule has 0 bridgehead atoms. The quantitative estimate of drug-likeness (QED) is 0.818. The number of rotatable bonds is 3. The van der Waals surface area contributed by atoms with Gasteiger partial charge in [0.05, 0.1) is 0 Å². The lowest BCUT2D eigenvalue weighted by molar-refractivity contribution is 0.581. The van der Waals surface area contributed by atoms with Gasteiger partial charge in [0.25, 0.3) is 0 Å². The van der Waals surface area contributed by atoms with Crippen LogP contribution >= 0.6 is 0 Å². The van der Waals surface area contributed by atoms with E-state index in [0.29, 0.717) is 0 Å². The van der Waals surface area contributed by atoms with Crippen LogP contribution in [0.5, 0.6) is 0 Å². The Labute approximate surface area is 92.1 Å². The Hall–Kier alpha value is -1.05. The van der Waals surface area contributed by atoms with Crippen molar-refractivity contribution in [1.29, 1.82) is 0 Å². The maximum absolute atomic E-state index is 4.67. The zero-order valence-corrected chi connectivity index (χ0v) is 9.71. The van der Waals surface area contributed by atoms with Crippen molar-refractivity contribution in [2.75, 3.05) is 11.9 Å². The molecule has 1 aromatic heterocycles. The predicted molar refractivity (Wildman–Crippen MR) is 64.2 cm³/mol. The lowest BCUT2D eigenvalue weighted by Crippen LogP contribution is -2.14. The van der Waals surface area contributed by atoms with E-state index in [1.807, 2.05) is 0 Å². The first-order chi connectivity index (χ1) is 7.25. The Morgan fingerprint density at radius 1 is 1.40 bits per heavy atom. The molecule has 82 valence electrons. The number of nitrogens with one attached hydrogen (secondary N) is 1. The van der Waals surface area contributed by atoms with Crippen LogP contribution in [0.15, 0.2) is 12.1 Å². The Morgan fingerprint density at radius 2 is 2.27 bits per heavy atom. The van der Waals surface area contributed by atoms with Crippen LogP contribution in [-0.4, -0.2) is 11.5 Å². The largest absolute Gasteiger partial charge is 0.370 e. The van der Waals surface area contributed by atoms with Gasteiger partial charge in [0.15, 0.2) is 0 Å². The molecule has 2 nitrogen and oxygen atoms in total. The number of pyridine rings is 1. The molecule has 0 radical (unpaired) electrons. The Balaban J connectivity index is 2.07. The highest BCUT2D eigenvalue weighted by Gasteiger charge is 2.10. The number of hydrogen-bond acceptors (Lipinski definition) is 2. The summed E-state index contributed by atoms with van der Waals surface area (Å²) in [4.78, 5) is 4.67. The topological polar surface area (TPSA) is 24.9 Å². The molecule has 2 rings (SSSR count). The molecule has 2 heteroatoms. The van der Waals surface area contributed by atoms with Gasteiger partial charge < -0.3 is 5.32 Å². The molecule has 1 aliphatic rings. The molecule has 0 amide bonds. The van der Waals surface area contributed by atoms with Gasteiger partial charge >= 0.3 is 0 Å². The normalized spacial score (nSPS) is 14.9. The molecule has 1 aliphatic heterocycles. The second-order valence-electron chi connectivity index (χ2n) is 4.77. The smallest absolute Gasteiger partial charge is 0.129 e. The average Bonchev–Trinajstić information content (AvgIpc) is 2.26. The van der Waals surface area contributed by atoms with Crippen molar-refractivity contribution in [1.82, 2.24) is 4.98 Å². The lowest BCUT2D eigenvalue weighted by Gasteiger charge is -2.17. The molecule has 0 aliphatic carbocycles. The predicted octanol–water partition coefficient (Wildman–Crippen LogP) is 3.03. The fraction of sp³-hybridized carbons (Fsp3) is 0.615. The summed E-state index contributed by atoms with van der Waals surface area (Å²) in [5, 5.41) is 3.38. The van der Waals surface area contributed by atoms with E-state index >= 15 is 0 Å². The monoisotopic (exact) mass is 204 g/mol. The van der Waals surface area contributed by atoms with E-state index in [4.69, 9.17) is 0 Å². The Kier molecular flexibility index (Phi) is 3.24. The van der Waals surface area contributed by atoms with E-state index in [9.17, 15) is 0 Å². The first-order valence-corrected chi connectivity index (χ1v) is 5.98. The molecule has 2 heterocycles. The van der Waals surface area contributed by atoms with E-state index in [0.717, 1.165) is 24.7 Å². The average molecular weight is 204 g/mol. The first-order valence-electron chi connectivity index (χ1n) is 5.98. The SMILES string of the molecule is CC(C)CCc1ccc2c(n1)NCCC2. The second kappa shape index (κ2) is 4.65. The minimum Gasteiger partial charge on any atom is -0.370 e. The van der Waals surface area contributed by atoms with Crippen LogP contribution in [0.25, 0.3) is 0 Å². The highest BCUT2D eigenvalue weighted by atomic mass is 15.0. The molecule has 1 N–H and O–H groups in total. The van der Waals surface area contributed by atoms with Gasteiger partial charge in [-0.05, 0) is 43.2 Å². The molecule has 0 saturated carbocycles. The van der Waals surface area contributed by atoms with Crippen molar-refractivity contribution < 1.29 is 0 Å². The fourth-order valence-electron chi connectivity index (χ4n) is 1.94. The standard InChI is InChI=1S/C13H20N2/c1-10(2)5-7-12-8-6-11-4-3-9-14-13(11)15-12/h6,8,10H,3-5,7,9H2,1-2H3,(H,14,15). The van der Waals surface area contributed by atoms with Gasteiger partial charge in [-0.2, -0.15) is 0 Å². The molecule has 0 spiro atoms. The molecule has 1 aromatic rings. The maximum atomic E-state index is 4.67. The number of hydrogen-bond donors (Lipinski definition) is 1. The van der Waals surface area contributed by atoms with Gasteiger partial charge in [-0.25, -0.2) is 4.98 Å². The summed E-state index contributed by atoms with van der Waals surface area (Å²) in [5.74, 6) is 1.89. The molecule has 0 unspecified atom stereocenters. The van der Waals surface area contributed by atoms with Crippen LogP contribution < -0.4 is 5.32 Å². The molecule has 0 atom stereocenters. The number of nitrogens with zero attached hydrogens (tertiary/aromatic N) is 1. The summed E-state index contributed by atoms with van der Waals surface area (Å²) < 4.78 is 0. The summed E-state index contributed by atoms with van der Waals surface area (Å²) in [7, 11) is 0. The highest BCUT2D eigenvalue weighted by molar-refractivity contribution is 5.46. The van der Waals surface area contributed by atoms with Gasteiger partial charge in [-0.3, -0.25) is 0 Å². The van der Waals surface area contributed by atoms with E-state index in [2.05, 4.69) is 36.3 Å². The zero-order chi connectivity index (χ0) is 10.7. The van der Waals surface area contributed by atoms with Gasteiger partial charge in [-0.1, -0.05) is 19.9 Å². The summed E-state index contributed by atoms with van der Waals surface area (Å²) in [6.07, 6.45) is 4.75. The third-order valence-corrected chi connectivity index (χ3v) is 2.93. The number of aromatic nitrogens is 1. The molecular weight excluding hydrogens is 184 g/mol. The molecule has 0 aromatic carbocycles. The minimum atomic E-state index is 0.760. The van der Waals surface area contributed by atoms with Gasteiger partial charge in [0.1, 0.15) is 5.82 Å². The van der Waals surface area contributed by atoms with Crippen molar-refractivity contribution in [3.63, 3.8) is 0 Å². The van der Waals surface area contributed by atoms with Crippen molar-refractivity contribution in [2.24, 2.45) is 5.92 Å². The Morgan fingerprint density at radius 3 is 3.07 bits per heavy atom. The molecular formula is C13H20N2. The summed E-state index contributed by atoms with van der Waals surface area (Å²) in [6, 6.07) is 4.43. The van der Waals surface area contributed by atoms with Crippen LogP contribution in [0, 0.1) is 5.92 Å². The van der Waals surface area contributed by atoms with E-state index in [1.54, 1.807) is 0 Å². The van der Waals surface area contributed by atoms with Gasteiger partial charge in [0.2, 0.25) is 0 Å². The zero-order valence-electron chi connectivity index (χ0n) is 9.71. The second-order valence-corrected chi connectivity index (χ2v) is 4.77.